The van der Waals surface area contributed by atoms with E-state index in [0.717, 1.165) is 32.8 Å². The van der Waals surface area contributed by atoms with Gasteiger partial charge in [0.15, 0.2) is 0 Å². The Bertz CT molecular complexity index is 287. The van der Waals surface area contributed by atoms with Crippen LogP contribution >= 0.6 is 0 Å². The van der Waals surface area contributed by atoms with Gasteiger partial charge < -0.3 is 10.1 Å². The second kappa shape index (κ2) is 7.38. The molecule has 1 aromatic rings. The van der Waals surface area contributed by atoms with E-state index in [4.69, 9.17) is 4.74 Å². The first-order valence-electron chi connectivity index (χ1n) is 5.59. The number of rotatable bonds is 8. The van der Waals surface area contributed by atoms with Crippen molar-refractivity contribution >= 4 is 0 Å². The molecule has 0 saturated heterocycles. The molecule has 16 heavy (non-hydrogen) atoms. The molecule has 0 spiro atoms. The first-order chi connectivity index (χ1) is 7.74. The summed E-state index contributed by atoms with van der Waals surface area (Å²) in [6.45, 7) is 4.62. The van der Waals surface area contributed by atoms with Crippen LogP contribution in [0.1, 0.15) is 5.69 Å². The lowest BCUT2D eigenvalue weighted by molar-refractivity contribution is 0.197. The summed E-state index contributed by atoms with van der Waals surface area (Å²) in [5.74, 6) is 0. The van der Waals surface area contributed by atoms with Gasteiger partial charge in [0.1, 0.15) is 0 Å². The van der Waals surface area contributed by atoms with Crippen LogP contribution in [-0.4, -0.2) is 55.1 Å². The van der Waals surface area contributed by atoms with Crippen LogP contribution in [0, 0.1) is 0 Å². The molecule has 0 aliphatic carbocycles. The molecule has 1 aromatic heterocycles. The number of aromatic nitrogens is 2. The van der Waals surface area contributed by atoms with Gasteiger partial charge in [0.25, 0.3) is 0 Å². The van der Waals surface area contributed by atoms with Crippen LogP contribution in [0.5, 0.6) is 0 Å². The minimum Gasteiger partial charge on any atom is -0.383 e. The van der Waals surface area contributed by atoms with E-state index in [1.807, 2.05) is 17.9 Å². The molecule has 0 atom stereocenters. The second-order valence-corrected chi connectivity index (χ2v) is 3.93. The monoisotopic (exact) mass is 226 g/mol. The summed E-state index contributed by atoms with van der Waals surface area (Å²) in [6.07, 6.45) is 1.83. The quantitative estimate of drug-likeness (QED) is 0.638. The van der Waals surface area contributed by atoms with E-state index >= 15 is 0 Å². The van der Waals surface area contributed by atoms with E-state index in [-0.39, 0.29) is 0 Å². The maximum Gasteiger partial charge on any atom is 0.0587 e. The van der Waals surface area contributed by atoms with Gasteiger partial charge in [-0.15, -0.1) is 0 Å². The average molecular weight is 226 g/mol. The zero-order valence-corrected chi connectivity index (χ0v) is 10.4. The highest BCUT2D eigenvalue weighted by molar-refractivity contribution is 4.99. The molecular weight excluding hydrogens is 204 g/mol. The highest BCUT2D eigenvalue weighted by Crippen LogP contribution is 1.99. The Morgan fingerprint density at radius 1 is 1.50 bits per heavy atom. The molecule has 5 heteroatoms. The molecule has 1 heterocycles. The lowest BCUT2D eigenvalue weighted by Gasteiger charge is -2.16. The van der Waals surface area contributed by atoms with Crippen molar-refractivity contribution in [2.24, 2.45) is 7.05 Å². The zero-order valence-electron chi connectivity index (χ0n) is 10.4. The normalized spacial score (nSPS) is 11.2. The Morgan fingerprint density at radius 3 is 2.94 bits per heavy atom. The summed E-state index contributed by atoms with van der Waals surface area (Å²) in [7, 11) is 5.81. The van der Waals surface area contributed by atoms with Gasteiger partial charge in [0.05, 0.1) is 12.3 Å². The average Bonchev–Trinajstić information content (AvgIpc) is 2.64. The summed E-state index contributed by atoms with van der Waals surface area (Å²) < 4.78 is 6.87. The molecule has 5 nitrogen and oxygen atoms in total. The second-order valence-electron chi connectivity index (χ2n) is 3.93. The number of aryl methyl sites for hydroxylation is 1. The highest BCUT2D eigenvalue weighted by Gasteiger charge is 2.02. The third kappa shape index (κ3) is 4.74. The first-order valence-corrected chi connectivity index (χ1v) is 5.59. The van der Waals surface area contributed by atoms with Crippen molar-refractivity contribution in [3.63, 3.8) is 0 Å². The van der Waals surface area contributed by atoms with Crippen LogP contribution in [0.25, 0.3) is 0 Å². The molecule has 0 saturated carbocycles. The number of hydrogen-bond donors (Lipinski definition) is 1. The van der Waals surface area contributed by atoms with E-state index in [1.165, 1.54) is 5.69 Å². The third-order valence-electron chi connectivity index (χ3n) is 2.51. The zero-order chi connectivity index (χ0) is 11.8. The Balaban J connectivity index is 2.11. The van der Waals surface area contributed by atoms with Gasteiger partial charge in [-0.25, -0.2) is 0 Å². The molecule has 0 unspecified atom stereocenters. The van der Waals surface area contributed by atoms with Crippen LogP contribution < -0.4 is 5.32 Å². The van der Waals surface area contributed by atoms with Gasteiger partial charge >= 0.3 is 0 Å². The van der Waals surface area contributed by atoms with Crippen molar-refractivity contribution in [2.75, 3.05) is 40.4 Å². The number of ether oxygens (including phenoxy) is 1. The number of likely N-dealkylation sites (N-methyl/N-ethyl adjacent to an activating group) is 1. The van der Waals surface area contributed by atoms with Gasteiger partial charge in [-0.1, -0.05) is 0 Å². The van der Waals surface area contributed by atoms with Gasteiger partial charge in [-0.3, -0.25) is 9.58 Å². The van der Waals surface area contributed by atoms with Gasteiger partial charge in [-0.2, -0.15) is 5.10 Å². The number of nitrogens with one attached hydrogen (secondary N) is 1. The van der Waals surface area contributed by atoms with Crippen molar-refractivity contribution in [3.05, 3.63) is 18.0 Å². The van der Waals surface area contributed by atoms with Crippen molar-refractivity contribution in [1.29, 1.82) is 0 Å². The highest BCUT2D eigenvalue weighted by atomic mass is 16.5. The van der Waals surface area contributed by atoms with Gasteiger partial charge in [-0.05, 0) is 13.1 Å². The van der Waals surface area contributed by atoms with Crippen molar-refractivity contribution in [2.45, 2.75) is 6.54 Å². The molecule has 0 bridgehead atoms. The van der Waals surface area contributed by atoms with Crippen LogP contribution in [0.15, 0.2) is 12.3 Å². The van der Waals surface area contributed by atoms with E-state index in [2.05, 4.69) is 28.4 Å². The third-order valence-corrected chi connectivity index (χ3v) is 2.51. The van der Waals surface area contributed by atoms with Gasteiger partial charge in [0, 0.05) is 46.5 Å². The molecule has 92 valence electrons. The van der Waals surface area contributed by atoms with Crippen LogP contribution in [0.4, 0.5) is 0 Å². The first kappa shape index (κ1) is 13.2. The van der Waals surface area contributed by atoms with Crippen molar-refractivity contribution in [1.82, 2.24) is 20.0 Å². The van der Waals surface area contributed by atoms with Crippen molar-refractivity contribution < 1.29 is 4.74 Å². The topological polar surface area (TPSA) is 42.3 Å². The molecule has 0 fully saturated rings. The van der Waals surface area contributed by atoms with Gasteiger partial charge in [0.2, 0.25) is 0 Å². The van der Waals surface area contributed by atoms with E-state index in [0.29, 0.717) is 0 Å². The fourth-order valence-electron chi connectivity index (χ4n) is 1.48. The molecule has 0 aliphatic rings. The fraction of sp³-hybridized carbons (Fsp3) is 0.727. The molecule has 0 amide bonds. The minimum absolute atomic E-state index is 0.769. The molecule has 0 aromatic carbocycles. The summed E-state index contributed by atoms with van der Waals surface area (Å²) in [6, 6.07) is 2.05. The van der Waals surface area contributed by atoms with Crippen LogP contribution in [0.3, 0.4) is 0 Å². The molecule has 0 radical (unpaired) electrons. The number of nitrogens with zero attached hydrogens (tertiary/aromatic N) is 3. The van der Waals surface area contributed by atoms with Crippen LogP contribution in [-0.2, 0) is 18.3 Å². The maximum absolute atomic E-state index is 4.96. The largest absolute Gasteiger partial charge is 0.383 e. The number of methoxy groups -OCH3 is 1. The molecule has 1 N–H and O–H groups in total. The summed E-state index contributed by atoms with van der Waals surface area (Å²) in [5.41, 5.74) is 1.24. The standard InChI is InChI=1S/C11H22N4O/c1-14(8-6-12-7-9-16-3)10-11-4-5-13-15(11)2/h4-5,12H,6-10H2,1-3H3. The van der Waals surface area contributed by atoms with E-state index in [9.17, 15) is 0 Å². The number of hydrogen-bond acceptors (Lipinski definition) is 4. The Labute approximate surface area is 97.4 Å². The smallest absolute Gasteiger partial charge is 0.0587 e. The maximum atomic E-state index is 4.96. The van der Waals surface area contributed by atoms with E-state index in [1.54, 1.807) is 7.11 Å². The Hall–Kier alpha value is -0.910. The predicted molar refractivity (Wildman–Crippen MR) is 64.3 cm³/mol. The van der Waals surface area contributed by atoms with Crippen LogP contribution in [0.2, 0.25) is 0 Å². The Morgan fingerprint density at radius 2 is 2.31 bits per heavy atom. The SMILES string of the molecule is COCCNCCN(C)Cc1ccnn1C. The fourth-order valence-corrected chi connectivity index (χ4v) is 1.48. The minimum atomic E-state index is 0.769. The molecular formula is C11H22N4O. The summed E-state index contributed by atoms with van der Waals surface area (Å²) >= 11 is 0. The Kier molecular flexibility index (Phi) is 6.07. The molecule has 0 aliphatic heterocycles. The van der Waals surface area contributed by atoms with E-state index < -0.39 is 0 Å². The summed E-state index contributed by atoms with van der Waals surface area (Å²) in [4.78, 5) is 2.27. The lowest BCUT2D eigenvalue weighted by Crippen LogP contribution is -2.31. The predicted octanol–water partition coefficient (Wildman–Crippen LogP) is 0.0879. The molecule has 1 rings (SSSR count). The van der Waals surface area contributed by atoms with Crippen molar-refractivity contribution in [3.8, 4) is 0 Å². The summed E-state index contributed by atoms with van der Waals surface area (Å²) in [5, 5.41) is 7.47. The lowest BCUT2D eigenvalue weighted by atomic mass is 10.4.